The van der Waals surface area contributed by atoms with Crippen molar-refractivity contribution in [2.24, 2.45) is 28.6 Å². The minimum Gasteiger partial charge on any atom is -0.396 e. The zero-order valence-electron chi connectivity index (χ0n) is 14.9. The Morgan fingerprint density at radius 2 is 0.850 bits per heavy atom. The van der Waals surface area contributed by atoms with Gasteiger partial charge in [0.15, 0.2) is 0 Å². The number of rotatable bonds is 10. The van der Waals surface area contributed by atoms with Crippen LogP contribution in [0, 0.1) is 28.6 Å². The summed E-state index contributed by atoms with van der Waals surface area (Å²) in [6.07, 6.45) is 4.57. The summed E-state index contributed by atoms with van der Waals surface area (Å²) in [7, 11) is 0. The largest absolute Gasteiger partial charge is 0.396 e. The summed E-state index contributed by atoms with van der Waals surface area (Å²) in [6, 6.07) is 0. The minimum absolute atomic E-state index is 0.289. The third-order valence-electron chi connectivity index (χ3n) is 4.23. The van der Waals surface area contributed by atoms with E-state index in [1.807, 2.05) is 0 Å². The standard InChI is InChI=1S/C18H38O2/c1-14(8-17(4,5)10-15(2)12-19)9-18(6,7)11-16(3)13-20/h14-16,19-20H,8-13H2,1-7H3. The van der Waals surface area contributed by atoms with Crippen molar-refractivity contribution in [2.75, 3.05) is 13.2 Å². The molecule has 0 aromatic heterocycles. The summed E-state index contributed by atoms with van der Waals surface area (Å²) in [4.78, 5) is 0. The smallest absolute Gasteiger partial charge is 0.0456 e. The normalized spacial score (nSPS) is 17.9. The first-order chi connectivity index (χ1) is 9.01. The van der Waals surface area contributed by atoms with Crippen LogP contribution in [-0.4, -0.2) is 23.4 Å². The van der Waals surface area contributed by atoms with Gasteiger partial charge in [-0.2, -0.15) is 0 Å². The van der Waals surface area contributed by atoms with E-state index in [1.54, 1.807) is 0 Å². The Hall–Kier alpha value is -0.0800. The first-order valence-corrected chi connectivity index (χ1v) is 8.23. The summed E-state index contributed by atoms with van der Waals surface area (Å²) in [5.41, 5.74) is 0.584. The van der Waals surface area contributed by atoms with Gasteiger partial charge in [-0.3, -0.25) is 0 Å². The third kappa shape index (κ3) is 8.97. The number of hydrogen-bond donors (Lipinski definition) is 2. The molecule has 0 rings (SSSR count). The van der Waals surface area contributed by atoms with E-state index < -0.39 is 0 Å². The second-order valence-electron chi connectivity index (χ2n) is 8.83. The van der Waals surface area contributed by atoms with Crippen LogP contribution in [-0.2, 0) is 0 Å². The molecular weight excluding hydrogens is 248 g/mol. The molecule has 0 amide bonds. The molecule has 0 saturated carbocycles. The quantitative estimate of drug-likeness (QED) is 0.621. The molecule has 0 radical (unpaired) electrons. The molecule has 0 aliphatic heterocycles. The molecule has 0 spiro atoms. The SMILES string of the molecule is CC(CO)CC(C)(C)CC(C)CC(C)(C)CC(C)CO. The Morgan fingerprint density at radius 3 is 1.10 bits per heavy atom. The summed E-state index contributed by atoms with van der Waals surface area (Å²) in [5, 5.41) is 18.4. The molecule has 0 fully saturated rings. The van der Waals surface area contributed by atoms with Crippen LogP contribution in [0.4, 0.5) is 0 Å². The highest BCUT2D eigenvalue weighted by atomic mass is 16.3. The first kappa shape index (κ1) is 19.9. The summed E-state index contributed by atoms with van der Waals surface area (Å²) < 4.78 is 0. The molecular formula is C18H38O2. The minimum atomic E-state index is 0.289. The summed E-state index contributed by atoms with van der Waals surface area (Å²) in [5.74, 6) is 1.45. The van der Waals surface area contributed by atoms with E-state index in [0.717, 1.165) is 12.8 Å². The van der Waals surface area contributed by atoms with Crippen molar-refractivity contribution < 1.29 is 10.2 Å². The fourth-order valence-electron chi connectivity index (χ4n) is 4.14. The van der Waals surface area contributed by atoms with Gasteiger partial charge in [0.25, 0.3) is 0 Å². The van der Waals surface area contributed by atoms with E-state index in [1.165, 1.54) is 12.8 Å². The van der Waals surface area contributed by atoms with Crippen LogP contribution in [0.3, 0.4) is 0 Å². The lowest BCUT2D eigenvalue weighted by Crippen LogP contribution is -2.25. The lowest BCUT2D eigenvalue weighted by atomic mass is 9.71. The molecule has 122 valence electrons. The fraction of sp³-hybridized carbons (Fsp3) is 1.00. The Morgan fingerprint density at radius 1 is 0.600 bits per heavy atom. The van der Waals surface area contributed by atoms with Gasteiger partial charge in [-0.25, -0.2) is 0 Å². The monoisotopic (exact) mass is 286 g/mol. The highest BCUT2D eigenvalue weighted by Gasteiger charge is 2.28. The average Bonchev–Trinajstić information content (AvgIpc) is 2.25. The van der Waals surface area contributed by atoms with E-state index in [9.17, 15) is 10.2 Å². The second kappa shape index (κ2) is 8.38. The maximum Gasteiger partial charge on any atom is 0.0456 e. The van der Waals surface area contributed by atoms with Gasteiger partial charge >= 0.3 is 0 Å². The van der Waals surface area contributed by atoms with Gasteiger partial charge in [0.05, 0.1) is 0 Å². The second-order valence-corrected chi connectivity index (χ2v) is 8.83. The molecule has 2 heteroatoms. The van der Waals surface area contributed by atoms with Crippen molar-refractivity contribution in [1.82, 2.24) is 0 Å². The fourth-order valence-corrected chi connectivity index (χ4v) is 4.14. The Labute approximate surface area is 127 Å². The molecule has 0 bridgehead atoms. The predicted octanol–water partition coefficient (Wildman–Crippen LogP) is 4.49. The molecule has 0 aliphatic rings. The average molecular weight is 286 g/mol. The Kier molecular flexibility index (Phi) is 8.35. The molecule has 2 nitrogen and oxygen atoms in total. The highest BCUT2D eigenvalue weighted by molar-refractivity contribution is 4.79. The molecule has 2 N–H and O–H groups in total. The van der Waals surface area contributed by atoms with E-state index in [-0.39, 0.29) is 13.2 Å². The molecule has 0 aromatic rings. The highest BCUT2D eigenvalue weighted by Crippen LogP contribution is 2.39. The van der Waals surface area contributed by atoms with Gasteiger partial charge in [0.2, 0.25) is 0 Å². The number of hydrogen-bond acceptors (Lipinski definition) is 2. The zero-order chi connectivity index (χ0) is 16.0. The van der Waals surface area contributed by atoms with Crippen molar-refractivity contribution in [3.8, 4) is 0 Å². The zero-order valence-corrected chi connectivity index (χ0v) is 14.9. The van der Waals surface area contributed by atoms with Gasteiger partial charge in [-0.05, 0) is 54.3 Å². The van der Waals surface area contributed by atoms with Crippen molar-refractivity contribution >= 4 is 0 Å². The van der Waals surface area contributed by atoms with Crippen molar-refractivity contribution in [2.45, 2.75) is 74.1 Å². The lowest BCUT2D eigenvalue weighted by molar-refractivity contribution is 0.128. The molecule has 0 aliphatic carbocycles. The molecule has 0 saturated heterocycles. The van der Waals surface area contributed by atoms with Gasteiger partial charge in [-0.1, -0.05) is 48.5 Å². The van der Waals surface area contributed by atoms with Crippen LogP contribution in [0.2, 0.25) is 0 Å². The van der Waals surface area contributed by atoms with Gasteiger partial charge in [-0.15, -0.1) is 0 Å². The summed E-state index contributed by atoms with van der Waals surface area (Å²) >= 11 is 0. The van der Waals surface area contributed by atoms with E-state index >= 15 is 0 Å². The third-order valence-corrected chi connectivity index (χ3v) is 4.23. The van der Waals surface area contributed by atoms with E-state index in [4.69, 9.17) is 0 Å². The van der Waals surface area contributed by atoms with Crippen LogP contribution < -0.4 is 0 Å². The van der Waals surface area contributed by atoms with Gasteiger partial charge < -0.3 is 10.2 Å². The van der Waals surface area contributed by atoms with Crippen LogP contribution in [0.15, 0.2) is 0 Å². The molecule has 0 aromatic carbocycles. The predicted molar refractivity (Wildman–Crippen MR) is 87.7 cm³/mol. The van der Waals surface area contributed by atoms with Gasteiger partial charge in [0.1, 0.15) is 0 Å². The molecule has 2 atom stereocenters. The Bertz CT molecular complexity index is 232. The van der Waals surface area contributed by atoms with Gasteiger partial charge in [0, 0.05) is 13.2 Å². The van der Waals surface area contributed by atoms with Crippen molar-refractivity contribution in [3.63, 3.8) is 0 Å². The van der Waals surface area contributed by atoms with E-state index in [0.29, 0.717) is 28.6 Å². The molecule has 0 heterocycles. The summed E-state index contributed by atoms with van der Waals surface area (Å²) in [6.45, 7) is 16.4. The molecule has 2 unspecified atom stereocenters. The van der Waals surface area contributed by atoms with Crippen LogP contribution in [0.5, 0.6) is 0 Å². The number of aliphatic hydroxyl groups excluding tert-OH is 2. The molecule has 20 heavy (non-hydrogen) atoms. The van der Waals surface area contributed by atoms with Crippen LogP contribution in [0.25, 0.3) is 0 Å². The van der Waals surface area contributed by atoms with Crippen molar-refractivity contribution in [1.29, 1.82) is 0 Å². The van der Waals surface area contributed by atoms with Crippen LogP contribution >= 0.6 is 0 Å². The van der Waals surface area contributed by atoms with Crippen LogP contribution in [0.1, 0.15) is 74.1 Å². The van der Waals surface area contributed by atoms with E-state index in [2.05, 4.69) is 48.5 Å². The van der Waals surface area contributed by atoms with Crippen molar-refractivity contribution in [3.05, 3.63) is 0 Å². The number of aliphatic hydroxyl groups is 2. The first-order valence-electron chi connectivity index (χ1n) is 8.23. The topological polar surface area (TPSA) is 40.5 Å². The maximum absolute atomic E-state index is 9.22. The Balaban J connectivity index is 4.35. The lowest BCUT2D eigenvalue weighted by Gasteiger charge is -2.35. The maximum atomic E-state index is 9.22.